The summed E-state index contributed by atoms with van der Waals surface area (Å²) in [4.78, 5) is 16.6. The Bertz CT molecular complexity index is 625. The van der Waals surface area contributed by atoms with Gasteiger partial charge in [-0.3, -0.25) is 14.6 Å². The van der Waals surface area contributed by atoms with E-state index in [1.54, 1.807) is 32.4 Å². The summed E-state index contributed by atoms with van der Waals surface area (Å²) in [5.74, 6) is 0.979. The van der Waals surface area contributed by atoms with Gasteiger partial charge in [-0.1, -0.05) is 0 Å². The monoisotopic (exact) mass is 378 g/mol. The number of rotatable bonds is 7. The van der Waals surface area contributed by atoms with Crippen molar-refractivity contribution in [2.24, 2.45) is 5.92 Å². The molecule has 0 aliphatic carbocycles. The van der Waals surface area contributed by atoms with Crippen LogP contribution in [0, 0.1) is 5.92 Å². The molecule has 0 radical (unpaired) electrons. The minimum Gasteiger partial charge on any atom is -0.497 e. The number of hydrogen-bond acceptors (Lipinski definition) is 6. The standard InChI is InChI=1S/C20H30N2O5/c1-25-16-3-4-18(26-2)17(13-16)19(20(23)24)22-7-5-15(6-8-22)14-21-9-11-27-12-10-21/h3-4,13,15,19H,5-12,14H2,1-2H3,(H,23,24)/t19-/m1/s1. The topological polar surface area (TPSA) is 71.5 Å². The van der Waals surface area contributed by atoms with Crippen molar-refractivity contribution < 1.29 is 24.1 Å². The highest BCUT2D eigenvalue weighted by Crippen LogP contribution is 2.35. The maximum absolute atomic E-state index is 12.1. The molecule has 1 aromatic carbocycles. The van der Waals surface area contributed by atoms with Crippen molar-refractivity contribution in [3.8, 4) is 11.5 Å². The number of piperidine rings is 1. The van der Waals surface area contributed by atoms with Gasteiger partial charge in [0.15, 0.2) is 0 Å². The lowest BCUT2D eigenvalue weighted by Crippen LogP contribution is -2.44. The van der Waals surface area contributed by atoms with Crippen LogP contribution in [0.25, 0.3) is 0 Å². The molecule has 0 amide bonds. The first-order valence-electron chi connectivity index (χ1n) is 9.61. The lowest BCUT2D eigenvalue weighted by Gasteiger charge is -2.38. The largest absolute Gasteiger partial charge is 0.497 e. The molecule has 27 heavy (non-hydrogen) atoms. The zero-order chi connectivity index (χ0) is 19.2. The predicted octanol–water partition coefficient (Wildman–Crippen LogP) is 1.87. The van der Waals surface area contributed by atoms with Crippen molar-refractivity contribution in [1.29, 1.82) is 0 Å². The molecule has 0 aromatic heterocycles. The molecule has 2 fully saturated rings. The van der Waals surface area contributed by atoms with Crippen LogP contribution in [-0.2, 0) is 9.53 Å². The minimum absolute atomic E-state index is 0.582. The third-order valence-electron chi connectivity index (χ3n) is 5.60. The second-order valence-electron chi connectivity index (χ2n) is 7.24. The van der Waals surface area contributed by atoms with Crippen LogP contribution < -0.4 is 9.47 Å². The van der Waals surface area contributed by atoms with E-state index in [1.807, 2.05) is 0 Å². The Morgan fingerprint density at radius 3 is 2.48 bits per heavy atom. The lowest BCUT2D eigenvalue weighted by molar-refractivity contribution is -0.144. The normalized spacial score (nSPS) is 21.0. The maximum Gasteiger partial charge on any atom is 0.325 e. The van der Waals surface area contributed by atoms with Crippen molar-refractivity contribution >= 4 is 5.97 Å². The Kier molecular flexibility index (Phi) is 6.93. The van der Waals surface area contributed by atoms with Crippen LogP contribution in [0.1, 0.15) is 24.4 Å². The molecule has 150 valence electrons. The molecule has 0 bridgehead atoms. The number of nitrogens with zero attached hydrogens (tertiary/aromatic N) is 2. The zero-order valence-corrected chi connectivity index (χ0v) is 16.2. The van der Waals surface area contributed by atoms with E-state index < -0.39 is 12.0 Å². The highest BCUT2D eigenvalue weighted by Gasteiger charge is 2.33. The van der Waals surface area contributed by atoms with Gasteiger partial charge in [0.25, 0.3) is 0 Å². The SMILES string of the molecule is COc1ccc(OC)c([C@H](C(=O)O)N2CCC(CN3CCOCC3)CC2)c1. The molecular formula is C20H30N2O5. The number of methoxy groups -OCH3 is 2. The average molecular weight is 378 g/mol. The van der Waals surface area contributed by atoms with Crippen molar-refractivity contribution in [1.82, 2.24) is 9.80 Å². The van der Waals surface area contributed by atoms with E-state index in [2.05, 4.69) is 9.80 Å². The fourth-order valence-corrected chi connectivity index (χ4v) is 4.08. The van der Waals surface area contributed by atoms with Crippen LogP contribution in [-0.4, -0.2) is 81.0 Å². The molecule has 3 rings (SSSR count). The summed E-state index contributed by atoms with van der Waals surface area (Å²) in [7, 11) is 3.15. The lowest BCUT2D eigenvalue weighted by atomic mass is 9.93. The molecule has 0 unspecified atom stereocenters. The Balaban J connectivity index is 1.67. The van der Waals surface area contributed by atoms with Crippen molar-refractivity contribution in [2.45, 2.75) is 18.9 Å². The highest BCUT2D eigenvalue weighted by molar-refractivity contribution is 5.77. The third kappa shape index (κ3) is 4.91. The van der Waals surface area contributed by atoms with Crippen LogP contribution in [0.3, 0.4) is 0 Å². The van der Waals surface area contributed by atoms with Crippen LogP contribution in [0.2, 0.25) is 0 Å². The van der Waals surface area contributed by atoms with Crippen molar-refractivity contribution in [3.05, 3.63) is 23.8 Å². The molecule has 1 N–H and O–H groups in total. The number of likely N-dealkylation sites (tertiary alicyclic amines) is 1. The molecule has 0 spiro atoms. The summed E-state index contributed by atoms with van der Waals surface area (Å²) in [6, 6.07) is 4.61. The number of carboxylic acid groups (broad SMARTS) is 1. The Labute approximate surface area is 160 Å². The second kappa shape index (κ2) is 9.39. The van der Waals surface area contributed by atoms with Crippen LogP contribution in [0.15, 0.2) is 18.2 Å². The van der Waals surface area contributed by atoms with Crippen molar-refractivity contribution in [3.63, 3.8) is 0 Å². The molecule has 7 nitrogen and oxygen atoms in total. The first-order chi connectivity index (χ1) is 13.1. The highest BCUT2D eigenvalue weighted by atomic mass is 16.5. The average Bonchev–Trinajstić information content (AvgIpc) is 2.70. The number of morpholine rings is 1. The fourth-order valence-electron chi connectivity index (χ4n) is 4.08. The van der Waals surface area contributed by atoms with Gasteiger partial charge in [-0.15, -0.1) is 0 Å². The van der Waals surface area contributed by atoms with E-state index in [-0.39, 0.29) is 0 Å². The molecule has 1 aromatic rings. The number of carboxylic acids is 1. The maximum atomic E-state index is 12.1. The summed E-state index contributed by atoms with van der Waals surface area (Å²) in [6.07, 6.45) is 2.01. The summed E-state index contributed by atoms with van der Waals surface area (Å²) in [5.41, 5.74) is 0.649. The molecule has 2 aliphatic heterocycles. The van der Waals surface area contributed by atoms with E-state index in [9.17, 15) is 9.90 Å². The smallest absolute Gasteiger partial charge is 0.325 e. The Morgan fingerprint density at radius 2 is 1.89 bits per heavy atom. The van der Waals surface area contributed by atoms with Crippen LogP contribution in [0.5, 0.6) is 11.5 Å². The molecule has 1 atom stereocenters. The first kappa shape index (κ1) is 19.9. The van der Waals surface area contributed by atoms with Gasteiger partial charge in [0.1, 0.15) is 17.5 Å². The zero-order valence-electron chi connectivity index (χ0n) is 16.2. The predicted molar refractivity (Wildman–Crippen MR) is 101 cm³/mol. The van der Waals surface area contributed by atoms with Crippen LogP contribution >= 0.6 is 0 Å². The van der Waals surface area contributed by atoms with Gasteiger partial charge in [0, 0.05) is 25.2 Å². The van der Waals surface area contributed by atoms with Gasteiger partial charge in [0.2, 0.25) is 0 Å². The first-order valence-corrected chi connectivity index (χ1v) is 9.61. The van der Waals surface area contributed by atoms with Gasteiger partial charge in [0.05, 0.1) is 27.4 Å². The van der Waals surface area contributed by atoms with Gasteiger partial charge in [-0.25, -0.2) is 0 Å². The van der Waals surface area contributed by atoms with E-state index in [0.717, 1.165) is 58.8 Å². The number of ether oxygens (including phenoxy) is 3. The summed E-state index contributed by atoms with van der Waals surface area (Å²) >= 11 is 0. The van der Waals surface area contributed by atoms with E-state index in [4.69, 9.17) is 14.2 Å². The molecule has 7 heteroatoms. The third-order valence-corrected chi connectivity index (χ3v) is 5.60. The number of benzene rings is 1. The second-order valence-corrected chi connectivity index (χ2v) is 7.24. The molecule has 2 saturated heterocycles. The van der Waals surface area contributed by atoms with E-state index in [1.165, 1.54) is 0 Å². The van der Waals surface area contributed by atoms with Gasteiger partial charge in [-0.05, 0) is 50.0 Å². The Morgan fingerprint density at radius 1 is 1.19 bits per heavy atom. The molecular weight excluding hydrogens is 348 g/mol. The number of aliphatic carboxylic acids is 1. The number of hydrogen-bond donors (Lipinski definition) is 1. The van der Waals surface area contributed by atoms with Gasteiger partial charge >= 0.3 is 5.97 Å². The van der Waals surface area contributed by atoms with Crippen molar-refractivity contribution in [2.75, 3.05) is 60.2 Å². The summed E-state index contributed by atoms with van der Waals surface area (Å²) in [5, 5.41) is 9.93. The minimum atomic E-state index is -0.854. The summed E-state index contributed by atoms with van der Waals surface area (Å²) in [6.45, 7) is 6.25. The van der Waals surface area contributed by atoms with Crippen LogP contribution in [0.4, 0.5) is 0 Å². The molecule has 2 heterocycles. The quantitative estimate of drug-likeness (QED) is 0.777. The van der Waals surface area contributed by atoms with E-state index >= 15 is 0 Å². The molecule has 2 aliphatic rings. The van der Waals surface area contributed by atoms with Gasteiger partial charge < -0.3 is 19.3 Å². The number of carbonyl (C=O) groups is 1. The Hall–Kier alpha value is -1.83. The molecule has 0 saturated carbocycles. The van der Waals surface area contributed by atoms with E-state index in [0.29, 0.717) is 23.0 Å². The summed E-state index contributed by atoms with van der Waals surface area (Å²) < 4.78 is 16.1. The van der Waals surface area contributed by atoms with Gasteiger partial charge in [-0.2, -0.15) is 0 Å². The fraction of sp³-hybridized carbons (Fsp3) is 0.650.